The maximum atomic E-state index is 11.4. The van der Waals surface area contributed by atoms with Crippen LogP contribution in [0.25, 0.3) is 0 Å². The van der Waals surface area contributed by atoms with E-state index in [2.05, 4.69) is 10.6 Å². The number of methoxy groups -OCH3 is 1. The number of carboxylic acid groups (broad SMARTS) is 1. The van der Waals surface area contributed by atoms with Crippen LogP contribution in [0.4, 0.5) is 4.79 Å². The van der Waals surface area contributed by atoms with Gasteiger partial charge in [0.25, 0.3) is 0 Å². The van der Waals surface area contributed by atoms with E-state index in [-0.39, 0.29) is 6.04 Å². The quantitative estimate of drug-likeness (QED) is 0.488. The van der Waals surface area contributed by atoms with Gasteiger partial charge in [-0.1, -0.05) is 0 Å². The number of aliphatic hydroxyl groups is 1. The highest BCUT2D eigenvalue weighted by Crippen LogP contribution is 1.95. The van der Waals surface area contributed by atoms with Crippen LogP contribution in [0.5, 0.6) is 0 Å². The van der Waals surface area contributed by atoms with Crippen molar-refractivity contribution in [1.82, 2.24) is 10.6 Å². The molecule has 1 unspecified atom stereocenters. The fraction of sp³-hybridized carbons (Fsp3) is 0.800. The summed E-state index contributed by atoms with van der Waals surface area (Å²) in [4.78, 5) is 22.1. The molecule has 0 aliphatic carbocycles. The zero-order valence-electron chi connectivity index (χ0n) is 10.3. The fourth-order valence-electron chi connectivity index (χ4n) is 1.16. The minimum absolute atomic E-state index is 0.140. The Bertz CT molecular complexity index is 257. The molecule has 0 saturated heterocycles. The van der Waals surface area contributed by atoms with Crippen molar-refractivity contribution in [1.29, 1.82) is 0 Å². The number of carbonyl (C=O) groups excluding carboxylic acids is 1. The number of hydrogen-bond donors (Lipinski definition) is 4. The van der Waals surface area contributed by atoms with Gasteiger partial charge in [-0.3, -0.25) is 0 Å². The Morgan fingerprint density at radius 3 is 2.29 bits per heavy atom. The van der Waals surface area contributed by atoms with Crippen LogP contribution in [0.3, 0.4) is 0 Å². The first-order valence-corrected chi connectivity index (χ1v) is 5.35. The Labute approximate surface area is 100 Å². The number of aliphatic carboxylic acids is 1. The van der Waals surface area contributed by atoms with Gasteiger partial charge in [0.2, 0.25) is 0 Å². The van der Waals surface area contributed by atoms with E-state index in [1.165, 1.54) is 6.92 Å². The lowest BCUT2D eigenvalue weighted by molar-refractivity contribution is -0.141. The Morgan fingerprint density at radius 1 is 1.29 bits per heavy atom. The summed E-state index contributed by atoms with van der Waals surface area (Å²) >= 11 is 0. The summed E-state index contributed by atoms with van der Waals surface area (Å²) in [6.07, 6.45) is -0.538. The number of amides is 2. The van der Waals surface area contributed by atoms with E-state index in [1.807, 2.05) is 0 Å². The van der Waals surface area contributed by atoms with Crippen LogP contribution in [-0.4, -0.2) is 54.1 Å². The minimum Gasteiger partial charge on any atom is -0.480 e. The number of hydrogen-bond acceptors (Lipinski definition) is 4. The molecule has 7 nitrogen and oxygen atoms in total. The summed E-state index contributed by atoms with van der Waals surface area (Å²) in [6.45, 7) is 3.57. The first kappa shape index (κ1) is 15.7. The Hall–Kier alpha value is -1.34. The number of nitrogens with one attached hydrogen (secondary N) is 2. The topological polar surface area (TPSA) is 108 Å². The molecule has 2 amide bonds. The van der Waals surface area contributed by atoms with Crippen molar-refractivity contribution in [3.8, 4) is 0 Å². The molecule has 0 fully saturated rings. The number of aliphatic hydroxyl groups excluding tert-OH is 1. The van der Waals surface area contributed by atoms with E-state index in [1.54, 1.807) is 14.0 Å². The van der Waals surface area contributed by atoms with E-state index >= 15 is 0 Å². The third-order valence-corrected chi connectivity index (χ3v) is 2.17. The van der Waals surface area contributed by atoms with Crippen LogP contribution >= 0.6 is 0 Å². The van der Waals surface area contributed by atoms with E-state index in [0.717, 1.165) is 0 Å². The van der Waals surface area contributed by atoms with Crippen molar-refractivity contribution in [2.24, 2.45) is 0 Å². The van der Waals surface area contributed by atoms with Crippen LogP contribution in [0, 0.1) is 0 Å². The van der Waals surface area contributed by atoms with Crippen LogP contribution in [-0.2, 0) is 9.53 Å². The zero-order valence-corrected chi connectivity index (χ0v) is 10.3. The van der Waals surface area contributed by atoms with Gasteiger partial charge in [-0.25, -0.2) is 9.59 Å². The van der Waals surface area contributed by atoms with E-state index in [9.17, 15) is 9.59 Å². The predicted octanol–water partition coefficient (Wildman–Crippen LogP) is -0.455. The molecule has 0 aromatic heterocycles. The number of rotatable bonds is 7. The number of ether oxygens (including phenoxy) is 1. The maximum Gasteiger partial charge on any atom is 0.328 e. The fourth-order valence-corrected chi connectivity index (χ4v) is 1.16. The maximum absolute atomic E-state index is 11.4. The summed E-state index contributed by atoms with van der Waals surface area (Å²) in [5.41, 5.74) is 0. The predicted molar refractivity (Wildman–Crippen MR) is 60.7 cm³/mol. The second-order valence-corrected chi connectivity index (χ2v) is 3.86. The molecular formula is C10H20N2O5. The number of carbonyl (C=O) groups is 2. The normalized spacial score (nSPS) is 15.8. The largest absolute Gasteiger partial charge is 0.480 e. The Kier molecular flexibility index (Phi) is 7.24. The lowest BCUT2D eigenvalue weighted by Gasteiger charge is -2.19. The van der Waals surface area contributed by atoms with Crippen molar-refractivity contribution in [3.63, 3.8) is 0 Å². The smallest absolute Gasteiger partial charge is 0.328 e. The van der Waals surface area contributed by atoms with Crippen molar-refractivity contribution in [3.05, 3.63) is 0 Å². The second-order valence-electron chi connectivity index (χ2n) is 3.86. The lowest BCUT2D eigenvalue weighted by atomic mass is 10.2. The molecule has 4 N–H and O–H groups in total. The summed E-state index contributed by atoms with van der Waals surface area (Å²) in [6, 6.07) is -2.08. The molecule has 3 atom stereocenters. The third kappa shape index (κ3) is 6.75. The highest BCUT2D eigenvalue weighted by molar-refractivity contribution is 5.83. The van der Waals surface area contributed by atoms with Crippen molar-refractivity contribution < 1.29 is 24.5 Å². The van der Waals surface area contributed by atoms with Crippen LogP contribution in [0.15, 0.2) is 0 Å². The van der Waals surface area contributed by atoms with E-state index < -0.39 is 24.1 Å². The van der Waals surface area contributed by atoms with Gasteiger partial charge in [-0.05, 0) is 20.3 Å². The molecule has 0 aromatic rings. The third-order valence-electron chi connectivity index (χ3n) is 2.17. The van der Waals surface area contributed by atoms with Gasteiger partial charge < -0.3 is 25.6 Å². The molecule has 0 heterocycles. The zero-order chi connectivity index (χ0) is 13.4. The molecule has 0 spiro atoms. The monoisotopic (exact) mass is 248 g/mol. The average Bonchev–Trinajstić information content (AvgIpc) is 2.22. The van der Waals surface area contributed by atoms with Crippen molar-refractivity contribution in [2.75, 3.05) is 13.7 Å². The molecule has 0 saturated carbocycles. The molecule has 0 bridgehead atoms. The van der Waals surface area contributed by atoms with Gasteiger partial charge >= 0.3 is 12.0 Å². The highest BCUT2D eigenvalue weighted by atomic mass is 16.5. The number of urea groups is 1. The average molecular weight is 248 g/mol. The Morgan fingerprint density at radius 2 is 1.88 bits per heavy atom. The van der Waals surface area contributed by atoms with Crippen LogP contribution < -0.4 is 10.6 Å². The second kappa shape index (κ2) is 7.86. The number of carboxylic acids is 1. The molecule has 0 rings (SSSR count). The van der Waals surface area contributed by atoms with Gasteiger partial charge in [0, 0.05) is 19.8 Å². The van der Waals surface area contributed by atoms with Crippen molar-refractivity contribution in [2.45, 2.75) is 38.5 Å². The highest BCUT2D eigenvalue weighted by Gasteiger charge is 2.25. The summed E-state index contributed by atoms with van der Waals surface area (Å²) in [5, 5.41) is 22.6. The molecule has 17 heavy (non-hydrogen) atoms. The summed E-state index contributed by atoms with van der Waals surface area (Å²) in [5.74, 6) is -1.28. The molecule has 100 valence electrons. The van der Waals surface area contributed by atoms with Gasteiger partial charge in [0.15, 0.2) is 6.04 Å². The minimum atomic E-state index is -1.32. The van der Waals surface area contributed by atoms with Crippen LogP contribution in [0.1, 0.15) is 20.3 Å². The van der Waals surface area contributed by atoms with E-state index in [4.69, 9.17) is 14.9 Å². The SMILES string of the molecule is COCCC(C)NC(=O)N[C@H](C(=O)O)[C@@H](C)O. The van der Waals surface area contributed by atoms with Crippen LogP contribution in [0.2, 0.25) is 0 Å². The molecular weight excluding hydrogens is 228 g/mol. The summed E-state index contributed by atoms with van der Waals surface area (Å²) < 4.78 is 4.85. The van der Waals surface area contributed by atoms with E-state index in [0.29, 0.717) is 13.0 Å². The molecule has 0 aromatic carbocycles. The van der Waals surface area contributed by atoms with Gasteiger partial charge in [-0.2, -0.15) is 0 Å². The molecule has 0 aliphatic rings. The van der Waals surface area contributed by atoms with Gasteiger partial charge in [0.05, 0.1) is 6.10 Å². The first-order chi connectivity index (χ1) is 7.88. The van der Waals surface area contributed by atoms with Gasteiger partial charge in [-0.15, -0.1) is 0 Å². The van der Waals surface area contributed by atoms with Gasteiger partial charge in [0.1, 0.15) is 0 Å². The Balaban J connectivity index is 4.10. The molecule has 0 aliphatic heterocycles. The molecule has 7 heteroatoms. The summed E-state index contributed by atoms with van der Waals surface area (Å²) in [7, 11) is 1.56. The van der Waals surface area contributed by atoms with Crippen molar-refractivity contribution >= 4 is 12.0 Å². The standard InChI is InChI=1S/C10H20N2O5/c1-6(4-5-17-3)11-10(16)12-8(7(2)13)9(14)15/h6-8,13H,4-5H2,1-3H3,(H,14,15)(H2,11,12,16)/t6?,7-,8+/m1/s1. The lowest BCUT2D eigenvalue weighted by Crippen LogP contribution is -2.52. The first-order valence-electron chi connectivity index (χ1n) is 5.35. The molecule has 0 radical (unpaired) electrons.